The summed E-state index contributed by atoms with van der Waals surface area (Å²) < 4.78 is 26.5. The maximum Gasteiger partial charge on any atom is 0.262 e. The molecule has 1 aromatic carbocycles. The number of piperidine rings is 1. The van der Waals surface area contributed by atoms with Gasteiger partial charge in [0.1, 0.15) is 0 Å². The number of rotatable bonds is 2. The molecular weight excluding hydrogens is 286 g/mol. The Morgan fingerprint density at radius 1 is 1.32 bits per heavy atom. The van der Waals surface area contributed by atoms with Crippen LogP contribution in [0.5, 0.6) is 0 Å². The molecule has 5 heteroatoms. The van der Waals surface area contributed by atoms with E-state index in [2.05, 4.69) is 24.4 Å². The lowest BCUT2D eigenvalue weighted by atomic mass is 9.81. The van der Waals surface area contributed by atoms with Crippen LogP contribution >= 0.6 is 0 Å². The Hall–Kier alpha value is -1.49. The Morgan fingerprint density at radius 2 is 2.05 bits per heavy atom. The molecule has 0 saturated carbocycles. The van der Waals surface area contributed by atoms with Crippen molar-refractivity contribution in [1.29, 1.82) is 0 Å². The number of likely N-dealkylation sites (tertiary alicyclic amines) is 1. The van der Waals surface area contributed by atoms with Gasteiger partial charge in [0, 0.05) is 19.5 Å². The van der Waals surface area contributed by atoms with Crippen LogP contribution in [0.15, 0.2) is 30.3 Å². The van der Waals surface area contributed by atoms with E-state index in [1.165, 1.54) is 5.56 Å². The van der Waals surface area contributed by atoms with Crippen molar-refractivity contribution in [3.63, 3.8) is 0 Å². The average molecular weight is 308 g/mol. The summed E-state index contributed by atoms with van der Waals surface area (Å²) in [6, 6.07) is 9.58. The summed E-state index contributed by atoms with van der Waals surface area (Å²) in [6.07, 6.45) is 0.513. The number of hydrogen-bond donors (Lipinski definition) is 1. The van der Waals surface area contributed by atoms with Gasteiger partial charge in [-0.25, -0.2) is 8.78 Å². The lowest BCUT2D eigenvalue weighted by Gasteiger charge is -2.38. The molecule has 0 radical (unpaired) electrons. The Balaban J connectivity index is 1.62. The van der Waals surface area contributed by atoms with Crippen LogP contribution in [0, 0.1) is 5.92 Å². The SMILES string of the molecule is CC1CN(C(=O)C2CC(F)(F)CN2)CCC1c1ccccc1. The third-order valence-electron chi connectivity index (χ3n) is 4.85. The molecule has 22 heavy (non-hydrogen) atoms. The molecule has 3 atom stereocenters. The van der Waals surface area contributed by atoms with Gasteiger partial charge in [-0.15, -0.1) is 0 Å². The number of carbonyl (C=O) groups excluding carboxylic acids is 1. The van der Waals surface area contributed by atoms with Crippen molar-refractivity contribution in [2.24, 2.45) is 5.92 Å². The van der Waals surface area contributed by atoms with Crippen LogP contribution in [0.25, 0.3) is 0 Å². The summed E-state index contributed by atoms with van der Waals surface area (Å²) >= 11 is 0. The number of alkyl halides is 2. The van der Waals surface area contributed by atoms with Gasteiger partial charge in [-0.2, -0.15) is 0 Å². The zero-order valence-electron chi connectivity index (χ0n) is 12.8. The van der Waals surface area contributed by atoms with E-state index in [0.717, 1.165) is 6.42 Å². The quantitative estimate of drug-likeness (QED) is 0.911. The fraction of sp³-hybridized carbons (Fsp3) is 0.588. The molecule has 3 rings (SSSR count). The van der Waals surface area contributed by atoms with E-state index >= 15 is 0 Å². The van der Waals surface area contributed by atoms with Gasteiger partial charge in [0.25, 0.3) is 5.92 Å². The monoisotopic (exact) mass is 308 g/mol. The minimum Gasteiger partial charge on any atom is -0.341 e. The van der Waals surface area contributed by atoms with E-state index in [4.69, 9.17) is 0 Å². The second kappa shape index (κ2) is 5.95. The zero-order valence-corrected chi connectivity index (χ0v) is 12.8. The lowest BCUT2D eigenvalue weighted by Crippen LogP contribution is -2.49. The van der Waals surface area contributed by atoms with Crippen LogP contribution in [-0.2, 0) is 4.79 Å². The van der Waals surface area contributed by atoms with Gasteiger partial charge in [0.15, 0.2) is 0 Å². The standard InChI is InChI=1S/C17H22F2N2O/c1-12-10-21(16(22)15-9-17(18,19)11-20-15)8-7-14(12)13-5-3-2-4-6-13/h2-6,12,14-15,20H,7-11H2,1H3. The van der Waals surface area contributed by atoms with E-state index in [-0.39, 0.29) is 18.9 Å². The molecule has 0 bridgehead atoms. The van der Waals surface area contributed by atoms with Crippen LogP contribution < -0.4 is 5.32 Å². The molecule has 2 aliphatic rings. The first-order chi connectivity index (χ1) is 10.5. The molecule has 0 aromatic heterocycles. The van der Waals surface area contributed by atoms with Crippen LogP contribution in [0.1, 0.15) is 31.2 Å². The van der Waals surface area contributed by atoms with E-state index in [0.29, 0.717) is 24.9 Å². The van der Waals surface area contributed by atoms with Gasteiger partial charge >= 0.3 is 0 Å². The first-order valence-corrected chi connectivity index (χ1v) is 7.91. The second-order valence-electron chi connectivity index (χ2n) is 6.56. The maximum atomic E-state index is 13.2. The van der Waals surface area contributed by atoms with Crippen LogP contribution in [-0.4, -0.2) is 42.4 Å². The minimum absolute atomic E-state index is 0.171. The van der Waals surface area contributed by atoms with E-state index < -0.39 is 12.0 Å². The molecule has 2 saturated heterocycles. The van der Waals surface area contributed by atoms with Gasteiger partial charge in [-0.1, -0.05) is 37.3 Å². The molecule has 2 aliphatic heterocycles. The average Bonchev–Trinajstić information content (AvgIpc) is 2.87. The van der Waals surface area contributed by atoms with Crippen LogP contribution in [0.4, 0.5) is 8.78 Å². The molecule has 1 aromatic rings. The number of amides is 1. The number of hydrogen-bond acceptors (Lipinski definition) is 2. The number of halogens is 2. The summed E-state index contributed by atoms with van der Waals surface area (Å²) in [5.41, 5.74) is 1.30. The summed E-state index contributed by atoms with van der Waals surface area (Å²) in [5.74, 6) is -2.16. The third-order valence-corrected chi connectivity index (χ3v) is 4.85. The van der Waals surface area contributed by atoms with Crippen molar-refractivity contribution in [2.75, 3.05) is 19.6 Å². The summed E-state index contributed by atoms with van der Waals surface area (Å²) in [4.78, 5) is 14.2. The van der Waals surface area contributed by atoms with Gasteiger partial charge in [-0.3, -0.25) is 10.1 Å². The van der Waals surface area contributed by atoms with Gasteiger partial charge in [0.2, 0.25) is 5.91 Å². The molecule has 1 N–H and O–H groups in total. The van der Waals surface area contributed by atoms with Crippen molar-refractivity contribution in [3.8, 4) is 0 Å². The number of nitrogens with one attached hydrogen (secondary N) is 1. The Bertz CT molecular complexity index is 535. The first kappa shape index (κ1) is 15.4. The highest BCUT2D eigenvalue weighted by Crippen LogP contribution is 2.34. The maximum absolute atomic E-state index is 13.2. The van der Waals surface area contributed by atoms with E-state index in [1.54, 1.807) is 4.90 Å². The van der Waals surface area contributed by atoms with Gasteiger partial charge in [0.05, 0.1) is 12.6 Å². The number of carbonyl (C=O) groups is 1. The third kappa shape index (κ3) is 3.14. The lowest BCUT2D eigenvalue weighted by molar-refractivity contribution is -0.135. The Kier molecular flexibility index (Phi) is 4.17. The van der Waals surface area contributed by atoms with Crippen molar-refractivity contribution in [2.45, 2.75) is 37.6 Å². The molecule has 3 nitrogen and oxygen atoms in total. The van der Waals surface area contributed by atoms with Gasteiger partial charge < -0.3 is 4.90 Å². The Labute approximate surface area is 129 Å². The predicted octanol–water partition coefficient (Wildman–Crippen LogP) is 2.64. The molecule has 2 heterocycles. The molecule has 120 valence electrons. The van der Waals surface area contributed by atoms with Gasteiger partial charge in [-0.05, 0) is 23.8 Å². The molecule has 0 spiro atoms. The summed E-state index contributed by atoms with van der Waals surface area (Å²) in [7, 11) is 0. The second-order valence-corrected chi connectivity index (χ2v) is 6.56. The minimum atomic E-state index is -2.76. The number of nitrogens with zero attached hydrogens (tertiary/aromatic N) is 1. The topological polar surface area (TPSA) is 32.3 Å². The fourth-order valence-corrected chi connectivity index (χ4v) is 3.65. The number of benzene rings is 1. The first-order valence-electron chi connectivity index (χ1n) is 7.91. The molecule has 2 fully saturated rings. The Morgan fingerprint density at radius 3 is 2.64 bits per heavy atom. The van der Waals surface area contributed by atoms with Crippen LogP contribution in [0.3, 0.4) is 0 Å². The van der Waals surface area contributed by atoms with Crippen molar-refractivity contribution in [1.82, 2.24) is 10.2 Å². The highest BCUT2D eigenvalue weighted by molar-refractivity contribution is 5.82. The zero-order chi connectivity index (χ0) is 15.7. The highest BCUT2D eigenvalue weighted by Gasteiger charge is 2.44. The molecular formula is C17H22F2N2O. The van der Waals surface area contributed by atoms with E-state index in [9.17, 15) is 13.6 Å². The fourth-order valence-electron chi connectivity index (χ4n) is 3.65. The largest absolute Gasteiger partial charge is 0.341 e. The van der Waals surface area contributed by atoms with Crippen molar-refractivity contribution >= 4 is 5.91 Å². The van der Waals surface area contributed by atoms with E-state index in [1.807, 2.05) is 18.2 Å². The summed E-state index contributed by atoms with van der Waals surface area (Å²) in [5, 5.41) is 2.66. The van der Waals surface area contributed by atoms with Crippen molar-refractivity contribution in [3.05, 3.63) is 35.9 Å². The molecule has 0 aliphatic carbocycles. The predicted molar refractivity (Wildman–Crippen MR) is 80.9 cm³/mol. The normalized spacial score (nSPS) is 31.2. The summed E-state index contributed by atoms with van der Waals surface area (Å²) in [6.45, 7) is 3.03. The highest BCUT2D eigenvalue weighted by atomic mass is 19.3. The molecule has 3 unspecified atom stereocenters. The van der Waals surface area contributed by atoms with Crippen LogP contribution in [0.2, 0.25) is 0 Å². The van der Waals surface area contributed by atoms with Crippen molar-refractivity contribution < 1.29 is 13.6 Å². The molecule has 1 amide bonds. The smallest absolute Gasteiger partial charge is 0.262 e.